The molecule has 0 bridgehead atoms. The monoisotopic (exact) mass is 370 g/mol. The molecule has 0 aliphatic heterocycles. The van der Waals surface area contributed by atoms with Crippen LogP contribution >= 0.6 is 23.2 Å². The number of rotatable bonds is 6. The molecule has 126 valence electrons. The lowest BCUT2D eigenvalue weighted by molar-refractivity contribution is -0.138. The Morgan fingerprint density at radius 3 is 2.09 bits per heavy atom. The highest BCUT2D eigenvalue weighted by atomic mass is 35.5. The maximum Gasteiger partial charge on any atom is 0.345 e. The third-order valence-corrected chi connectivity index (χ3v) is 3.23. The zero-order chi connectivity index (χ0) is 17.7. The average Bonchev–Trinajstić information content (AvgIpc) is 2.52. The summed E-state index contributed by atoms with van der Waals surface area (Å²) < 4.78 is 50.4. The van der Waals surface area contributed by atoms with E-state index in [-0.39, 0.29) is 13.2 Å². The van der Waals surface area contributed by atoms with Crippen LogP contribution in [0.15, 0.2) is 11.8 Å². The lowest BCUT2D eigenvalue weighted by atomic mass is 10.0. The number of hydrogen-bond donors (Lipinski definition) is 0. The molecule has 0 unspecified atom stereocenters. The van der Waals surface area contributed by atoms with Crippen LogP contribution < -0.4 is 0 Å². The maximum absolute atomic E-state index is 14.0. The number of ketones is 1. The summed E-state index contributed by atoms with van der Waals surface area (Å²) in [5.74, 6) is -7.52. The van der Waals surface area contributed by atoms with Crippen molar-refractivity contribution in [2.45, 2.75) is 13.8 Å². The first-order valence-electron chi connectivity index (χ1n) is 6.32. The molecule has 0 aliphatic rings. The quantitative estimate of drug-likeness (QED) is 0.111. The summed E-state index contributed by atoms with van der Waals surface area (Å²) in [4.78, 5) is 24.1. The van der Waals surface area contributed by atoms with Gasteiger partial charge in [-0.3, -0.25) is 4.79 Å². The summed E-state index contributed by atoms with van der Waals surface area (Å²) >= 11 is 10.8. The van der Waals surface area contributed by atoms with Gasteiger partial charge in [0.25, 0.3) is 0 Å². The first-order chi connectivity index (χ1) is 10.8. The van der Waals surface area contributed by atoms with Crippen molar-refractivity contribution in [1.82, 2.24) is 0 Å². The summed E-state index contributed by atoms with van der Waals surface area (Å²) in [7, 11) is 0. The van der Waals surface area contributed by atoms with E-state index in [9.17, 15) is 22.8 Å². The molecular formula is C14H11Cl2F3O4. The molecule has 0 radical (unpaired) electrons. The van der Waals surface area contributed by atoms with Crippen LogP contribution in [0.3, 0.4) is 0 Å². The van der Waals surface area contributed by atoms with Gasteiger partial charge in [-0.05, 0) is 13.8 Å². The fraction of sp³-hybridized carbons (Fsp3) is 0.286. The highest BCUT2D eigenvalue weighted by molar-refractivity contribution is 6.38. The molecule has 0 atom stereocenters. The van der Waals surface area contributed by atoms with Crippen LogP contribution in [-0.4, -0.2) is 25.0 Å². The Bertz CT molecular complexity index is 645. The van der Waals surface area contributed by atoms with Crippen molar-refractivity contribution in [2.75, 3.05) is 13.2 Å². The number of esters is 1. The summed E-state index contributed by atoms with van der Waals surface area (Å²) in [6.45, 7) is 3.05. The van der Waals surface area contributed by atoms with E-state index in [0.717, 1.165) is 6.26 Å². The Morgan fingerprint density at radius 2 is 1.57 bits per heavy atom. The minimum Gasteiger partial charge on any atom is -0.500 e. The third-order valence-electron chi connectivity index (χ3n) is 2.54. The molecule has 0 saturated carbocycles. The third kappa shape index (κ3) is 3.97. The SMILES string of the molecule is CCO/C=C(\C(=O)OCC)C(=O)c1c(F)c(Cl)c(F)c(F)c1Cl. The molecule has 0 saturated heterocycles. The van der Waals surface area contributed by atoms with E-state index < -0.39 is 50.4 Å². The normalized spacial score (nSPS) is 11.3. The molecular weight excluding hydrogens is 360 g/mol. The fourth-order valence-electron chi connectivity index (χ4n) is 1.51. The molecule has 4 nitrogen and oxygen atoms in total. The first-order valence-corrected chi connectivity index (χ1v) is 7.08. The number of hydrogen-bond acceptors (Lipinski definition) is 4. The van der Waals surface area contributed by atoms with Gasteiger partial charge in [-0.1, -0.05) is 23.2 Å². The van der Waals surface area contributed by atoms with Gasteiger partial charge in [-0.2, -0.15) is 0 Å². The molecule has 0 spiro atoms. The van der Waals surface area contributed by atoms with Gasteiger partial charge >= 0.3 is 5.97 Å². The van der Waals surface area contributed by atoms with Crippen molar-refractivity contribution in [3.8, 4) is 0 Å². The molecule has 1 aromatic rings. The van der Waals surface area contributed by atoms with E-state index >= 15 is 0 Å². The second-order valence-electron chi connectivity index (χ2n) is 3.98. The second-order valence-corrected chi connectivity index (χ2v) is 4.74. The Kier molecular flexibility index (Phi) is 6.90. The van der Waals surface area contributed by atoms with Gasteiger partial charge in [0.1, 0.15) is 16.9 Å². The summed E-state index contributed by atoms with van der Waals surface area (Å²) in [5, 5.41) is -2.39. The number of Topliss-reactive ketones (excluding diaryl/α,β-unsaturated/α-hetero) is 1. The van der Waals surface area contributed by atoms with Crippen LogP contribution in [0, 0.1) is 17.5 Å². The van der Waals surface area contributed by atoms with Gasteiger partial charge < -0.3 is 9.47 Å². The smallest absolute Gasteiger partial charge is 0.345 e. The average molecular weight is 371 g/mol. The maximum atomic E-state index is 14.0. The predicted octanol–water partition coefficient (Wildman–Crippen LogP) is 4.08. The van der Waals surface area contributed by atoms with Crippen LogP contribution in [0.25, 0.3) is 0 Å². The van der Waals surface area contributed by atoms with Gasteiger partial charge in [0, 0.05) is 0 Å². The predicted molar refractivity (Wildman–Crippen MR) is 77.0 cm³/mol. The Balaban J connectivity index is 3.49. The molecule has 0 fully saturated rings. The summed E-state index contributed by atoms with van der Waals surface area (Å²) in [6, 6.07) is 0. The van der Waals surface area contributed by atoms with Gasteiger partial charge in [-0.25, -0.2) is 18.0 Å². The number of benzene rings is 1. The van der Waals surface area contributed by atoms with Gasteiger partial charge in [0.05, 0.1) is 23.8 Å². The summed E-state index contributed by atoms with van der Waals surface area (Å²) in [5.41, 5.74) is -1.83. The van der Waals surface area contributed by atoms with E-state index in [1.165, 1.54) is 6.92 Å². The van der Waals surface area contributed by atoms with Gasteiger partial charge in [-0.15, -0.1) is 0 Å². The Morgan fingerprint density at radius 1 is 1.00 bits per heavy atom. The minimum atomic E-state index is -1.74. The molecule has 0 aromatic heterocycles. The van der Waals surface area contributed by atoms with E-state index in [1.807, 2.05) is 0 Å². The van der Waals surface area contributed by atoms with Crippen molar-refractivity contribution in [3.05, 3.63) is 44.9 Å². The van der Waals surface area contributed by atoms with Crippen LogP contribution in [0.2, 0.25) is 10.0 Å². The van der Waals surface area contributed by atoms with Gasteiger partial charge in [0.2, 0.25) is 5.78 Å². The van der Waals surface area contributed by atoms with Crippen molar-refractivity contribution in [3.63, 3.8) is 0 Å². The minimum absolute atomic E-state index is 0.0790. The van der Waals surface area contributed by atoms with Crippen LogP contribution in [0.4, 0.5) is 13.2 Å². The van der Waals surface area contributed by atoms with Crippen molar-refractivity contribution in [1.29, 1.82) is 0 Å². The number of halogens is 5. The van der Waals surface area contributed by atoms with E-state index in [2.05, 4.69) is 4.74 Å². The number of carbonyl (C=O) groups is 2. The lowest BCUT2D eigenvalue weighted by Crippen LogP contribution is -2.19. The summed E-state index contributed by atoms with van der Waals surface area (Å²) in [6.07, 6.45) is 0.727. The highest BCUT2D eigenvalue weighted by Gasteiger charge is 2.32. The fourth-order valence-corrected chi connectivity index (χ4v) is 1.94. The van der Waals surface area contributed by atoms with E-state index in [0.29, 0.717) is 0 Å². The lowest BCUT2D eigenvalue weighted by Gasteiger charge is -2.11. The zero-order valence-electron chi connectivity index (χ0n) is 12.0. The van der Waals surface area contributed by atoms with E-state index in [1.54, 1.807) is 6.92 Å². The second kappa shape index (κ2) is 8.21. The Labute approximate surface area is 139 Å². The molecule has 0 amide bonds. The van der Waals surface area contributed by atoms with Crippen LogP contribution in [0.1, 0.15) is 24.2 Å². The molecule has 0 N–H and O–H groups in total. The van der Waals surface area contributed by atoms with Crippen molar-refractivity contribution < 1.29 is 32.2 Å². The molecule has 0 heterocycles. The standard InChI is InChI=1S/C14H11Cl2F3O4/c1-3-22-5-6(14(21)23-4-2)13(20)7-8(15)11(18)12(19)9(16)10(7)17/h5H,3-4H2,1-2H3/b6-5-. The highest BCUT2D eigenvalue weighted by Crippen LogP contribution is 2.33. The number of ether oxygens (including phenoxy) is 2. The van der Waals surface area contributed by atoms with Crippen molar-refractivity contribution in [2.24, 2.45) is 0 Å². The molecule has 1 aromatic carbocycles. The Hall–Kier alpha value is -1.73. The largest absolute Gasteiger partial charge is 0.500 e. The van der Waals surface area contributed by atoms with E-state index in [4.69, 9.17) is 27.9 Å². The van der Waals surface area contributed by atoms with Crippen molar-refractivity contribution >= 4 is 35.0 Å². The first kappa shape index (κ1) is 19.3. The van der Waals surface area contributed by atoms with Gasteiger partial charge in [0.15, 0.2) is 17.5 Å². The number of carbonyl (C=O) groups excluding carboxylic acids is 2. The zero-order valence-corrected chi connectivity index (χ0v) is 13.5. The molecule has 23 heavy (non-hydrogen) atoms. The van der Waals surface area contributed by atoms with Crippen LogP contribution in [0.5, 0.6) is 0 Å². The van der Waals surface area contributed by atoms with Crippen LogP contribution in [-0.2, 0) is 14.3 Å². The molecule has 9 heteroatoms. The molecule has 1 rings (SSSR count). The molecule has 0 aliphatic carbocycles. The topological polar surface area (TPSA) is 52.6 Å².